The van der Waals surface area contributed by atoms with Crippen LogP contribution in [-0.2, 0) is 36.9 Å². The third kappa shape index (κ3) is 10.2. The molecule has 0 aromatic heterocycles. The van der Waals surface area contributed by atoms with Crippen LogP contribution in [0.25, 0.3) is 0 Å². The zero-order valence-electron chi connectivity index (χ0n) is 24.0. The summed E-state index contributed by atoms with van der Waals surface area (Å²) in [6.07, 6.45) is 4.44. The molecule has 0 aliphatic carbocycles. The second kappa shape index (κ2) is 15.3. The van der Waals surface area contributed by atoms with Crippen LogP contribution in [0.5, 0.6) is 5.75 Å². The standard InChI is InChI=1S/C31H42N2O7/c1-31(2,3)40-30(36)32-18-16-24(17-19-32)11-8-20-38-27-14-12-25(13-15-27)21-28(29(35)37-4)33(23-34)39-22-26-9-6-5-7-10-26/h5-7,9-10,12-15,23-24,28H,8,11,16-22H2,1-4H3. The minimum atomic E-state index is -0.917. The SMILES string of the molecule is COC(=O)C(Cc1ccc(OCCCC2CCN(C(=O)OC(C)(C)C)CC2)cc1)N(C=O)OCc1ccccc1. The number of hydroxylamine groups is 2. The number of carbonyl (C=O) groups is 3. The fraction of sp³-hybridized carbons (Fsp3) is 0.516. The second-order valence-electron chi connectivity index (χ2n) is 11.0. The van der Waals surface area contributed by atoms with Gasteiger partial charge in [-0.25, -0.2) is 14.7 Å². The minimum absolute atomic E-state index is 0.155. The lowest BCUT2D eigenvalue weighted by Crippen LogP contribution is -2.42. The van der Waals surface area contributed by atoms with Crippen molar-refractivity contribution in [2.45, 2.75) is 71.1 Å². The average Bonchev–Trinajstić information content (AvgIpc) is 2.95. The summed E-state index contributed by atoms with van der Waals surface area (Å²) in [6, 6.07) is 16.0. The van der Waals surface area contributed by atoms with E-state index in [9.17, 15) is 14.4 Å². The highest BCUT2D eigenvalue weighted by Crippen LogP contribution is 2.24. The summed E-state index contributed by atoms with van der Waals surface area (Å²) in [6.45, 7) is 7.87. The van der Waals surface area contributed by atoms with E-state index in [0.717, 1.165) is 60.7 Å². The van der Waals surface area contributed by atoms with Crippen LogP contribution in [-0.4, -0.2) is 66.9 Å². The molecule has 9 heteroatoms. The van der Waals surface area contributed by atoms with Gasteiger partial charge in [-0.1, -0.05) is 42.5 Å². The number of hydrogen-bond donors (Lipinski definition) is 0. The number of methoxy groups -OCH3 is 1. The molecule has 1 heterocycles. The van der Waals surface area contributed by atoms with E-state index in [2.05, 4.69) is 0 Å². The van der Waals surface area contributed by atoms with Crippen LogP contribution in [0, 0.1) is 5.92 Å². The molecule has 0 spiro atoms. The zero-order chi connectivity index (χ0) is 29.0. The Morgan fingerprint density at radius 1 is 1.02 bits per heavy atom. The summed E-state index contributed by atoms with van der Waals surface area (Å²) in [5, 5.41) is 1.02. The number of nitrogens with zero attached hydrogens (tertiary/aromatic N) is 2. The maximum absolute atomic E-state index is 12.5. The fourth-order valence-electron chi connectivity index (χ4n) is 4.57. The van der Waals surface area contributed by atoms with Gasteiger partial charge in [-0.05, 0) is 75.6 Å². The van der Waals surface area contributed by atoms with Gasteiger partial charge in [0.15, 0.2) is 6.04 Å². The Kier molecular flexibility index (Phi) is 11.8. The summed E-state index contributed by atoms with van der Waals surface area (Å²) >= 11 is 0. The van der Waals surface area contributed by atoms with Gasteiger partial charge in [-0.3, -0.25) is 9.63 Å². The topological polar surface area (TPSA) is 94.6 Å². The summed E-state index contributed by atoms with van der Waals surface area (Å²) in [5.74, 6) is 0.757. The summed E-state index contributed by atoms with van der Waals surface area (Å²) in [5.41, 5.74) is 1.25. The normalized spacial score (nSPS) is 14.8. The lowest BCUT2D eigenvalue weighted by molar-refractivity contribution is -0.201. The van der Waals surface area contributed by atoms with Crippen molar-refractivity contribution >= 4 is 18.5 Å². The number of carbonyl (C=O) groups excluding carboxylic acids is 3. The molecular weight excluding hydrogens is 512 g/mol. The molecule has 0 saturated carbocycles. The molecule has 0 radical (unpaired) electrons. The average molecular weight is 555 g/mol. The highest BCUT2D eigenvalue weighted by Gasteiger charge is 2.28. The van der Waals surface area contributed by atoms with Gasteiger partial charge in [0, 0.05) is 19.5 Å². The smallest absolute Gasteiger partial charge is 0.410 e. The number of rotatable bonds is 13. The third-order valence-corrected chi connectivity index (χ3v) is 6.75. The fourth-order valence-corrected chi connectivity index (χ4v) is 4.57. The van der Waals surface area contributed by atoms with Gasteiger partial charge >= 0.3 is 12.1 Å². The number of benzene rings is 2. The van der Waals surface area contributed by atoms with Crippen molar-refractivity contribution in [3.8, 4) is 5.75 Å². The molecule has 9 nitrogen and oxygen atoms in total. The highest BCUT2D eigenvalue weighted by atomic mass is 16.7. The molecule has 1 aliphatic heterocycles. The quantitative estimate of drug-likeness (QED) is 0.146. The Hall–Kier alpha value is -3.59. The van der Waals surface area contributed by atoms with E-state index in [0.29, 0.717) is 18.9 Å². The summed E-state index contributed by atoms with van der Waals surface area (Å²) in [7, 11) is 1.29. The first-order valence-electron chi connectivity index (χ1n) is 13.9. The third-order valence-electron chi connectivity index (χ3n) is 6.75. The molecule has 1 atom stereocenters. The molecule has 1 unspecified atom stereocenters. The summed E-state index contributed by atoms with van der Waals surface area (Å²) in [4.78, 5) is 43.9. The van der Waals surface area contributed by atoms with Crippen LogP contribution in [0.3, 0.4) is 0 Å². The Morgan fingerprint density at radius 2 is 1.70 bits per heavy atom. The van der Waals surface area contributed by atoms with E-state index in [1.807, 2.05) is 75.4 Å². The first kappa shape index (κ1) is 30.9. The number of likely N-dealkylation sites (tertiary alicyclic amines) is 1. The molecule has 0 N–H and O–H groups in total. The Balaban J connectivity index is 1.41. The van der Waals surface area contributed by atoms with Crippen molar-refractivity contribution in [1.29, 1.82) is 0 Å². The molecule has 2 aromatic rings. The molecule has 1 aliphatic rings. The lowest BCUT2D eigenvalue weighted by atomic mass is 9.92. The largest absolute Gasteiger partial charge is 0.494 e. The predicted molar refractivity (Wildman–Crippen MR) is 150 cm³/mol. The molecule has 3 rings (SSSR count). The van der Waals surface area contributed by atoms with E-state index in [-0.39, 0.29) is 19.1 Å². The second-order valence-corrected chi connectivity index (χ2v) is 11.0. The first-order chi connectivity index (χ1) is 19.2. The number of esters is 1. The number of amides is 2. The summed E-state index contributed by atoms with van der Waals surface area (Å²) < 4.78 is 16.3. The van der Waals surface area contributed by atoms with Crippen LogP contribution in [0.2, 0.25) is 0 Å². The van der Waals surface area contributed by atoms with Gasteiger partial charge in [0.2, 0.25) is 6.41 Å². The van der Waals surface area contributed by atoms with Crippen LogP contribution in [0.1, 0.15) is 57.6 Å². The lowest BCUT2D eigenvalue weighted by Gasteiger charge is -2.33. The highest BCUT2D eigenvalue weighted by molar-refractivity contribution is 5.78. The predicted octanol–water partition coefficient (Wildman–Crippen LogP) is 5.17. The van der Waals surface area contributed by atoms with Crippen molar-refractivity contribution in [1.82, 2.24) is 9.96 Å². The Morgan fingerprint density at radius 3 is 2.30 bits per heavy atom. The van der Waals surface area contributed by atoms with Gasteiger partial charge in [0.1, 0.15) is 18.0 Å². The molecule has 40 heavy (non-hydrogen) atoms. The monoisotopic (exact) mass is 554 g/mol. The van der Waals surface area contributed by atoms with Crippen molar-refractivity contribution in [3.05, 3.63) is 65.7 Å². The van der Waals surface area contributed by atoms with Crippen LogP contribution in [0.4, 0.5) is 4.79 Å². The van der Waals surface area contributed by atoms with Crippen molar-refractivity contribution in [2.24, 2.45) is 5.92 Å². The molecule has 218 valence electrons. The van der Waals surface area contributed by atoms with Crippen molar-refractivity contribution in [2.75, 3.05) is 26.8 Å². The molecule has 2 amide bonds. The Labute approximate surface area is 237 Å². The van der Waals surface area contributed by atoms with Gasteiger partial charge in [-0.15, -0.1) is 0 Å². The van der Waals surface area contributed by atoms with E-state index in [1.165, 1.54) is 7.11 Å². The zero-order valence-corrected chi connectivity index (χ0v) is 24.0. The van der Waals surface area contributed by atoms with E-state index >= 15 is 0 Å². The number of piperidine rings is 1. The van der Waals surface area contributed by atoms with Gasteiger partial charge in [-0.2, -0.15) is 0 Å². The number of ether oxygens (including phenoxy) is 3. The van der Waals surface area contributed by atoms with E-state index in [4.69, 9.17) is 19.0 Å². The van der Waals surface area contributed by atoms with E-state index in [1.54, 1.807) is 4.90 Å². The first-order valence-corrected chi connectivity index (χ1v) is 13.9. The molecule has 0 bridgehead atoms. The van der Waals surface area contributed by atoms with Gasteiger partial charge in [0.05, 0.1) is 13.7 Å². The molecule has 1 saturated heterocycles. The van der Waals surface area contributed by atoms with E-state index < -0.39 is 17.6 Å². The van der Waals surface area contributed by atoms with Crippen LogP contribution < -0.4 is 4.74 Å². The van der Waals surface area contributed by atoms with Crippen molar-refractivity contribution < 1.29 is 33.4 Å². The van der Waals surface area contributed by atoms with Crippen molar-refractivity contribution in [3.63, 3.8) is 0 Å². The van der Waals surface area contributed by atoms with Crippen LogP contribution >= 0.6 is 0 Å². The van der Waals surface area contributed by atoms with Crippen LogP contribution in [0.15, 0.2) is 54.6 Å². The Bertz CT molecular complexity index is 1060. The molecule has 2 aromatic carbocycles. The molecular formula is C31H42N2O7. The maximum Gasteiger partial charge on any atom is 0.410 e. The van der Waals surface area contributed by atoms with Gasteiger partial charge in [0.25, 0.3) is 0 Å². The van der Waals surface area contributed by atoms with Gasteiger partial charge < -0.3 is 19.1 Å². The minimum Gasteiger partial charge on any atom is -0.494 e. The number of hydrogen-bond acceptors (Lipinski definition) is 7. The molecule has 1 fully saturated rings. The maximum atomic E-state index is 12.5.